The predicted molar refractivity (Wildman–Crippen MR) is 94.4 cm³/mol. The van der Waals surface area contributed by atoms with E-state index >= 15 is 0 Å². The van der Waals surface area contributed by atoms with Crippen molar-refractivity contribution in [1.82, 2.24) is 9.88 Å². The number of hydrogen-bond donors (Lipinski definition) is 3. The molecule has 2 saturated heterocycles. The Hall–Kier alpha value is -1.25. The van der Waals surface area contributed by atoms with Crippen LogP contribution in [0.5, 0.6) is 0 Å². The van der Waals surface area contributed by atoms with Crippen LogP contribution in [0.4, 0.5) is 5.69 Å². The van der Waals surface area contributed by atoms with Crippen LogP contribution < -0.4 is 4.90 Å². The second kappa shape index (κ2) is 6.57. The number of thiazole rings is 1. The number of hydrogen-bond acceptors (Lipinski definition) is 7. The molecule has 0 radical (unpaired) electrons. The maximum atomic E-state index is 9.85. The van der Waals surface area contributed by atoms with E-state index in [0.29, 0.717) is 19.0 Å². The van der Waals surface area contributed by atoms with Gasteiger partial charge in [0.15, 0.2) is 0 Å². The summed E-state index contributed by atoms with van der Waals surface area (Å²) in [4.78, 5) is 8.96. The van der Waals surface area contributed by atoms with E-state index in [4.69, 9.17) is 0 Å². The first-order valence-electron chi connectivity index (χ1n) is 8.45. The molecule has 2 aliphatic rings. The molecule has 4 atom stereocenters. The first-order chi connectivity index (χ1) is 11.6. The number of likely N-dealkylation sites (tertiary alicyclic amines) is 1. The summed E-state index contributed by atoms with van der Waals surface area (Å²) in [7, 11) is 0. The van der Waals surface area contributed by atoms with Gasteiger partial charge in [0.05, 0.1) is 28.1 Å². The van der Waals surface area contributed by atoms with Crippen LogP contribution in [-0.2, 0) is 0 Å². The fourth-order valence-electron chi connectivity index (χ4n) is 3.92. The molecule has 6 nitrogen and oxygen atoms in total. The second-order valence-corrected chi connectivity index (χ2v) is 7.81. The minimum absolute atomic E-state index is 0.427. The van der Waals surface area contributed by atoms with Gasteiger partial charge in [-0.1, -0.05) is 6.07 Å². The number of aliphatic hydroxyl groups excluding tert-OH is 3. The summed E-state index contributed by atoms with van der Waals surface area (Å²) in [6.45, 7) is 3.65. The number of nitrogens with zero attached hydrogens (tertiary/aromatic N) is 3. The van der Waals surface area contributed by atoms with E-state index < -0.39 is 18.3 Å². The van der Waals surface area contributed by atoms with Crippen molar-refractivity contribution in [1.29, 1.82) is 0 Å². The monoisotopic (exact) mass is 349 g/mol. The lowest BCUT2D eigenvalue weighted by Crippen LogP contribution is -2.56. The molecule has 0 amide bonds. The van der Waals surface area contributed by atoms with Gasteiger partial charge in [0.25, 0.3) is 0 Å². The van der Waals surface area contributed by atoms with Crippen LogP contribution in [0.15, 0.2) is 23.7 Å². The average Bonchev–Trinajstić information content (AvgIpc) is 3.21. The zero-order valence-electron chi connectivity index (χ0n) is 13.5. The molecule has 0 aliphatic carbocycles. The Labute approximate surface area is 145 Å². The Morgan fingerprint density at radius 3 is 2.71 bits per heavy atom. The standard InChI is InChI=1S/C17H23N3O3S/c21-13-8-19(9-14(22)17(13)23)6-11-4-5-20(7-11)12-2-1-3-15-16(12)18-10-24-15/h1-3,10-11,13-14,17,21-23H,4-9H2/t11-,13-,14+,17+/m1/s1. The van der Waals surface area contributed by atoms with Crippen molar-refractivity contribution in [3.8, 4) is 0 Å². The van der Waals surface area contributed by atoms with Crippen molar-refractivity contribution in [3.05, 3.63) is 23.7 Å². The third-order valence-corrected chi connectivity index (χ3v) is 5.96. The number of β-amino-alcohol motifs (C(OH)–C–C–N with tert-alkyl or cyclic N) is 2. The Morgan fingerprint density at radius 1 is 1.12 bits per heavy atom. The highest BCUT2D eigenvalue weighted by Gasteiger charge is 2.35. The molecule has 130 valence electrons. The number of aromatic nitrogens is 1. The highest BCUT2D eigenvalue weighted by atomic mass is 32.1. The number of fused-ring (bicyclic) bond motifs is 1. The molecule has 1 aromatic heterocycles. The molecular weight excluding hydrogens is 326 g/mol. The topological polar surface area (TPSA) is 80.1 Å². The third-order valence-electron chi connectivity index (χ3n) is 5.16. The van der Waals surface area contributed by atoms with Crippen LogP contribution in [-0.4, -0.2) is 76.2 Å². The summed E-state index contributed by atoms with van der Waals surface area (Å²) < 4.78 is 1.22. The van der Waals surface area contributed by atoms with Gasteiger partial charge in [-0.15, -0.1) is 11.3 Å². The van der Waals surface area contributed by atoms with Gasteiger partial charge in [-0.25, -0.2) is 4.98 Å². The van der Waals surface area contributed by atoms with E-state index in [-0.39, 0.29) is 0 Å². The largest absolute Gasteiger partial charge is 0.389 e. The zero-order valence-corrected chi connectivity index (χ0v) is 14.3. The fraction of sp³-hybridized carbons (Fsp3) is 0.588. The van der Waals surface area contributed by atoms with Crippen molar-refractivity contribution in [2.24, 2.45) is 5.92 Å². The van der Waals surface area contributed by atoms with E-state index in [9.17, 15) is 15.3 Å². The first-order valence-corrected chi connectivity index (χ1v) is 9.33. The number of aliphatic hydroxyl groups is 3. The number of piperidine rings is 1. The van der Waals surface area contributed by atoms with Crippen LogP contribution in [0, 0.1) is 5.92 Å². The Morgan fingerprint density at radius 2 is 1.92 bits per heavy atom. The molecule has 0 unspecified atom stereocenters. The van der Waals surface area contributed by atoms with Gasteiger partial charge < -0.3 is 20.2 Å². The molecule has 2 aliphatic heterocycles. The lowest BCUT2D eigenvalue weighted by atomic mass is 10.00. The molecule has 0 bridgehead atoms. The summed E-state index contributed by atoms with van der Waals surface area (Å²) >= 11 is 1.66. The van der Waals surface area contributed by atoms with E-state index in [2.05, 4.69) is 33.0 Å². The molecule has 3 N–H and O–H groups in total. The molecule has 0 spiro atoms. The molecule has 0 saturated carbocycles. The minimum atomic E-state index is -1.02. The first kappa shape index (κ1) is 16.2. The molecule has 4 rings (SSSR count). The smallest absolute Gasteiger partial charge is 0.108 e. The molecular formula is C17H23N3O3S. The number of benzene rings is 1. The predicted octanol–water partition coefficient (Wildman–Crippen LogP) is 0.521. The summed E-state index contributed by atoms with van der Waals surface area (Å²) in [5.74, 6) is 0.494. The van der Waals surface area contributed by atoms with E-state index in [0.717, 1.165) is 31.6 Å². The summed E-state index contributed by atoms with van der Waals surface area (Å²) in [5, 5.41) is 29.4. The van der Waals surface area contributed by atoms with Crippen molar-refractivity contribution in [2.75, 3.05) is 37.6 Å². The molecule has 7 heteroatoms. The van der Waals surface area contributed by atoms with Gasteiger partial charge in [-0.05, 0) is 24.5 Å². The maximum Gasteiger partial charge on any atom is 0.108 e. The van der Waals surface area contributed by atoms with Gasteiger partial charge in [-0.2, -0.15) is 0 Å². The van der Waals surface area contributed by atoms with Gasteiger partial charge in [0.2, 0.25) is 0 Å². The minimum Gasteiger partial charge on any atom is -0.389 e. The molecule has 3 heterocycles. The van der Waals surface area contributed by atoms with Crippen molar-refractivity contribution in [3.63, 3.8) is 0 Å². The summed E-state index contributed by atoms with van der Waals surface area (Å²) in [6.07, 6.45) is -1.67. The number of rotatable bonds is 3. The quantitative estimate of drug-likeness (QED) is 0.750. The Balaban J connectivity index is 1.41. The van der Waals surface area contributed by atoms with Crippen molar-refractivity contribution in [2.45, 2.75) is 24.7 Å². The van der Waals surface area contributed by atoms with Crippen molar-refractivity contribution < 1.29 is 15.3 Å². The Kier molecular flexibility index (Phi) is 4.44. The van der Waals surface area contributed by atoms with Gasteiger partial charge in [0.1, 0.15) is 11.6 Å². The molecule has 1 aromatic carbocycles. The second-order valence-electron chi connectivity index (χ2n) is 6.92. The fourth-order valence-corrected chi connectivity index (χ4v) is 4.62. The molecule has 2 fully saturated rings. The SMILES string of the molecule is O[C@H]1[C@H](O)CN(C[C@H]2CCN(c3cccc4scnc34)C2)C[C@@H]1O. The molecule has 2 aromatic rings. The van der Waals surface area contributed by atoms with Crippen LogP contribution >= 0.6 is 11.3 Å². The Bertz CT molecular complexity index is 697. The number of anilines is 1. The van der Waals surface area contributed by atoms with Crippen LogP contribution in [0.25, 0.3) is 10.2 Å². The van der Waals surface area contributed by atoms with Gasteiger partial charge >= 0.3 is 0 Å². The molecule has 24 heavy (non-hydrogen) atoms. The summed E-state index contributed by atoms with van der Waals surface area (Å²) in [5.41, 5.74) is 4.17. The summed E-state index contributed by atoms with van der Waals surface area (Å²) in [6, 6.07) is 6.32. The van der Waals surface area contributed by atoms with Gasteiger partial charge in [0, 0.05) is 32.7 Å². The third kappa shape index (κ3) is 3.02. The van der Waals surface area contributed by atoms with Crippen LogP contribution in [0.3, 0.4) is 0 Å². The average molecular weight is 349 g/mol. The van der Waals surface area contributed by atoms with E-state index in [1.54, 1.807) is 11.3 Å². The normalized spacial score (nSPS) is 31.9. The van der Waals surface area contributed by atoms with Crippen molar-refractivity contribution >= 4 is 27.2 Å². The lowest BCUT2D eigenvalue weighted by Gasteiger charge is -2.38. The van der Waals surface area contributed by atoms with E-state index in [1.807, 2.05) is 5.51 Å². The number of para-hydroxylation sites is 1. The highest BCUT2D eigenvalue weighted by Crippen LogP contribution is 2.32. The van der Waals surface area contributed by atoms with Crippen LogP contribution in [0.2, 0.25) is 0 Å². The van der Waals surface area contributed by atoms with E-state index in [1.165, 1.54) is 10.4 Å². The lowest BCUT2D eigenvalue weighted by molar-refractivity contribution is -0.111. The van der Waals surface area contributed by atoms with Gasteiger partial charge in [-0.3, -0.25) is 4.90 Å². The zero-order chi connectivity index (χ0) is 16.7. The van der Waals surface area contributed by atoms with Crippen LogP contribution in [0.1, 0.15) is 6.42 Å². The maximum absolute atomic E-state index is 9.85. The highest BCUT2D eigenvalue weighted by molar-refractivity contribution is 7.16.